The summed E-state index contributed by atoms with van der Waals surface area (Å²) in [4.78, 5) is 2.41. The molecule has 98 valence electrons. The van der Waals surface area contributed by atoms with Crippen LogP contribution in [-0.4, -0.2) is 35.7 Å². The molecule has 0 aromatic heterocycles. The molecular weight excluding hydrogens is 222 g/mol. The van der Waals surface area contributed by atoms with Gasteiger partial charge in [0.05, 0.1) is 6.61 Å². The highest BCUT2D eigenvalue weighted by Gasteiger charge is 2.21. The van der Waals surface area contributed by atoms with Crippen molar-refractivity contribution in [3.8, 4) is 0 Å². The summed E-state index contributed by atoms with van der Waals surface area (Å²) in [5, 5.41) is 9.40. The minimum absolute atomic E-state index is 0.290. The first-order chi connectivity index (χ1) is 8.79. The fourth-order valence-electron chi connectivity index (χ4n) is 2.67. The molecule has 0 bridgehead atoms. The van der Waals surface area contributed by atoms with Gasteiger partial charge < -0.3 is 5.11 Å². The third-order valence-corrected chi connectivity index (χ3v) is 3.62. The molecule has 1 N–H and O–H groups in total. The normalized spacial score (nSPS) is 22.1. The van der Waals surface area contributed by atoms with E-state index in [4.69, 9.17) is 0 Å². The maximum Gasteiger partial charge on any atom is 0.0586 e. The quantitative estimate of drug-likeness (QED) is 0.881. The fourth-order valence-corrected chi connectivity index (χ4v) is 2.67. The van der Waals surface area contributed by atoms with Crippen LogP contribution in [-0.2, 0) is 0 Å². The van der Waals surface area contributed by atoms with E-state index in [0.29, 0.717) is 12.6 Å². The summed E-state index contributed by atoms with van der Waals surface area (Å²) < 4.78 is 0. The number of hydrogen-bond donors (Lipinski definition) is 1. The Balaban J connectivity index is 1.97. The molecule has 0 amide bonds. The Hall–Kier alpha value is -1.12. The molecule has 2 rings (SSSR count). The van der Waals surface area contributed by atoms with Crippen LogP contribution in [0, 0.1) is 0 Å². The molecule has 0 saturated carbocycles. The molecule has 0 aliphatic carbocycles. The highest BCUT2D eigenvalue weighted by Crippen LogP contribution is 2.18. The molecule has 1 aliphatic heterocycles. The zero-order valence-corrected chi connectivity index (χ0v) is 11.2. The molecule has 1 aliphatic rings. The number of nitrogens with zero attached hydrogens (tertiary/aromatic N) is 1. The Bertz CT molecular complexity index is 385. The summed E-state index contributed by atoms with van der Waals surface area (Å²) >= 11 is 0. The Morgan fingerprint density at radius 1 is 1.33 bits per heavy atom. The van der Waals surface area contributed by atoms with Gasteiger partial charge in [-0.1, -0.05) is 48.4 Å². The summed E-state index contributed by atoms with van der Waals surface area (Å²) in [5.74, 6) is 0. The van der Waals surface area contributed by atoms with E-state index in [-0.39, 0.29) is 0 Å². The van der Waals surface area contributed by atoms with E-state index in [0.717, 1.165) is 19.5 Å². The molecule has 0 spiro atoms. The summed E-state index contributed by atoms with van der Waals surface area (Å²) in [6.07, 6.45) is 5.89. The largest absolute Gasteiger partial charge is 0.395 e. The molecule has 1 heterocycles. The molecule has 1 aromatic rings. The number of likely N-dealkylation sites (tertiary alicyclic amines) is 1. The van der Waals surface area contributed by atoms with Crippen molar-refractivity contribution < 1.29 is 5.11 Å². The lowest BCUT2D eigenvalue weighted by atomic mass is 10.0. The molecule has 2 heteroatoms. The van der Waals surface area contributed by atoms with Gasteiger partial charge in [-0.3, -0.25) is 4.90 Å². The van der Waals surface area contributed by atoms with Crippen LogP contribution in [0.5, 0.6) is 0 Å². The van der Waals surface area contributed by atoms with Crippen molar-refractivity contribution in [2.24, 2.45) is 0 Å². The van der Waals surface area contributed by atoms with Crippen molar-refractivity contribution >= 4 is 6.08 Å². The lowest BCUT2D eigenvalue weighted by Crippen LogP contribution is -2.42. The van der Waals surface area contributed by atoms with Gasteiger partial charge in [0.1, 0.15) is 0 Å². The second-order valence-corrected chi connectivity index (χ2v) is 5.20. The summed E-state index contributed by atoms with van der Waals surface area (Å²) in [7, 11) is 0. The molecule has 0 unspecified atom stereocenters. The SMILES string of the molecule is C/C(=C\c1ccccc1)CN1CCCC[C@H]1CO. The monoisotopic (exact) mass is 245 g/mol. The Morgan fingerprint density at radius 3 is 2.83 bits per heavy atom. The second kappa shape index (κ2) is 6.72. The molecule has 1 fully saturated rings. The van der Waals surface area contributed by atoms with Gasteiger partial charge in [0.15, 0.2) is 0 Å². The predicted octanol–water partition coefficient (Wildman–Crippen LogP) is 2.94. The van der Waals surface area contributed by atoms with E-state index in [1.165, 1.54) is 24.0 Å². The van der Waals surface area contributed by atoms with E-state index in [1.807, 2.05) is 6.07 Å². The van der Waals surface area contributed by atoms with Gasteiger partial charge in [-0.25, -0.2) is 0 Å². The topological polar surface area (TPSA) is 23.5 Å². The Labute approximate surface area is 110 Å². The molecule has 1 saturated heterocycles. The maximum absolute atomic E-state index is 9.40. The predicted molar refractivity (Wildman–Crippen MR) is 76.4 cm³/mol. The van der Waals surface area contributed by atoms with E-state index < -0.39 is 0 Å². The van der Waals surface area contributed by atoms with Gasteiger partial charge in [0, 0.05) is 12.6 Å². The average molecular weight is 245 g/mol. The van der Waals surface area contributed by atoms with Crippen molar-refractivity contribution in [1.82, 2.24) is 4.90 Å². The highest BCUT2D eigenvalue weighted by molar-refractivity contribution is 5.52. The van der Waals surface area contributed by atoms with Crippen LogP contribution in [0.2, 0.25) is 0 Å². The zero-order valence-electron chi connectivity index (χ0n) is 11.2. The Kier molecular flexibility index (Phi) is 4.97. The third-order valence-electron chi connectivity index (χ3n) is 3.62. The molecule has 0 radical (unpaired) electrons. The molecule has 1 aromatic carbocycles. The van der Waals surface area contributed by atoms with Crippen LogP contribution in [0.4, 0.5) is 0 Å². The van der Waals surface area contributed by atoms with Gasteiger partial charge in [0.2, 0.25) is 0 Å². The number of piperidine rings is 1. The van der Waals surface area contributed by atoms with Crippen LogP contribution >= 0.6 is 0 Å². The van der Waals surface area contributed by atoms with Crippen molar-refractivity contribution in [1.29, 1.82) is 0 Å². The number of aliphatic hydroxyl groups is 1. The highest BCUT2D eigenvalue weighted by atomic mass is 16.3. The molecule has 1 atom stereocenters. The first-order valence-corrected chi connectivity index (χ1v) is 6.86. The van der Waals surface area contributed by atoms with Crippen molar-refractivity contribution in [2.75, 3.05) is 19.7 Å². The van der Waals surface area contributed by atoms with E-state index in [2.05, 4.69) is 42.2 Å². The minimum atomic E-state index is 0.290. The number of aliphatic hydroxyl groups excluding tert-OH is 1. The van der Waals surface area contributed by atoms with Crippen molar-refractivity contribution in [3.05, 3.63) is 41.5 Å². The number of rotatable bonds is 4. The van der Waals surface area contributed by atoms with Crippen LogP contribution < -0.4 is 0 Å². The zero-order chi connectivity index (χ0) is 12.8. The number of hydrogen-bond acceptors (Lipinski definition) is 2. The third kappa shape index (κ3) is 3.69. The smallest absolute Gasteiger partial charge is 0.0586 e. The standard InChI is InChI=1S/C16H23NO/c1-14(11-15-7-3-2-4-8-15)12-17-10-6-5-9-16(17)13-18/h2-4,7-8,11,16,18H,5-6,9-10,12-13H2,1H3/b14-11+/t16-/m0/s1. The van der Waals surface area contributed by atoms with E-state index in [1.54, 1.807) is 0 Å². The average Bonchev–Trinajstić information content (AvgIpc) is 2.40. The molecule has 18 heavy (non-hydrogen) atoms. The lowest BCUT2D eigenvalue weighted by Gasteiger charge is -2.34. The lowest BCUT2D eigenvalue weighted by molar-refractivity contribution is 0.0988. The van der Waals surface area contributed by atoms with Crippen LogP contribution in [0.1, 0.15) is 31.7 Å². The van der Waals surface area contributed by atoms with Gasteiger partial charge in [-0.15, -0.1) is 0 Å². The van der Waals surface area contributed by atoms with Crippen molar-refractivity contribution in [3.63, 3.8) is 0 Å². The van der Waals surface area contributed by atoms with Crippen LogP contribution in [0.25, 0.3) is 6.08 Å². The first-order valence-electron chi connectivity index (χ1n) is 6.86. The first kappa shape index (κ1) is 13.3. The van der Waals surface area contributed by atoms with Gasteiger partial charge >= 0.3 is 0 Å². The molecular formula is C16H23NO. The van der Waals surface area contributed by atoms with Crippen LogP contribution in [0.15, 0.2) is 35.9 Å². The summed E-state index contributed by atoms with van der Waals surface area (Å²) in [6, 6.07) is 10.8. The fraction of sp³-hybridized carbons (Fsp3) is 0.500. The van der Waals surface area contributed by atoms with Gasteiger partial charge in [-0.05, 0) is 31.9 Å². The maximum atomic E-state index is 9.40. The van der Waals surface area contributed by atoms with E-state index in [9.17, 15) is 5.11 Å². The van der Waals surface area contributed by atoms with Gasteiger partial charge in [-0.2, -0.15) is 0 Å². The summed E-state index contributed by atoms with van der Waals surface area (Å²) in [6.45, 7) is 4.56. The Morgan fingerprint density at radius 2 is 2.11 bits per heavy atom. The summed E-state index contributed by atoms with van der Waals surface area (Å²) in [5.41, 5.74) is 2.62. The van der Waals surface area contributed by atoms with Crippen LogP contribution in [0.3, 0.4) is 0 Å². The minimum Gasteiger partial charge on any atom is -0.395 e. The molecule has 2 nitrogen and oxygen atoms in total. The van der Waals surface area contributed by atoms with E-state index >= 15 is 0 Å². The second-order valence-electron chi connectivity index (χ2n) is 5.20. The number of benzene rings is 1. The van der Waals surface area contributed by atoms with Crippen molar-refractivity contribution in [2.45, 2.75) is 32.2 Å². The van der Waals surface area contributed by atoms with Gasteiger partial charge in [0.25, 0.3) is 0 Å².